The number of aromatic amines is 1. The first-order valence-corrected chi connectivity index (χ1v) is 11.2. The maximum atomic E-state index is 13.2. The van der Waals surface area contributed by atoms with Crippen molar-refractivity contribution >= 4 is 29.4 Å². The largest absolute Gasteiger partial charge is 0.443 e. The third-order valence-electron chi connectivity index (χ3n) is 5.26. The van der Waals surface area contributed by atoms with Crippen LogP contribution in [0.5, 0.6) is 0 Å². The van der Waals surface area contributed by atoms with Gasteiger partial charge < -0.3 is 19.3 Å². The molecule has 0 fully saturated rings. The zero-order valence-electron chi connectivity index (χ0n) is 21.2. The summed E-state index contributed by atoms with van der Waals surface area (Å²) in [6.45, 7) is 15.8. The van der Waals surface area contributed by atoms with Gasteiger partial charge in [0.1, 0.15) is 23.0 Å². The summed E-state index contributed by atoms with van der Waals surface area (Å²) in [5, 5.41) is 1.92. The van der Waals surface area contributed by atoms with Gasteiger partial charge in [-0.1, -0.05) is 18.6 Å². The fourth-order valence-electron chi connectivity index (χ4n) is 3.85. The van der Waals surface area contributed by atoms with Crippen molar-refractivity contribution in [2.75, 3.05) is 0 Å². The van der Waals surface area contributed by atoms with Gasteiger partial charge in [-0.05, 0) is 79.5 Å². The summed E-state index contributed by atoms with van der Waals surface area (Å²) in [5.74, 6) is -0.451. The van der Waals surface area contributed by atoms with E-state index in [0.717, 1.165) is 27.0 Å². The SMILES string of the molecule is CC[C@H](c1c[nH]c2ccc(C)cc12)[C@@](C)(C=O)N(NC(=O)OC(C)(C)C)C(=O)OC(C)(C)C. The molecule has 2 aromatic rings. The fourth-order valence-corrected chi connectivity index (χ4v) is 3.85. The highest BCUT2D eigenvalue weighted by Crippen LogP contribution is 2.38. The van der Waals surface area contributed by atoms with Crippen LogP contribution in [0.3, 0.4) is 0 Å². The molecule has 0 radical (unpaired) electrons. The van der Waals surface area contributed by atoms with Gasteiger partial charge in [0, 0.05) is 23.0 Å². The molecule has 0 aliphatic heterocycles. The van der Waals surface area contributed by atoms with Crippen molar-refractivity contribution in [1.29, 1.82) is 0 Å². The Morgan fingerprint density at radius 2 is 1.70 bits per heavy atom. The summed E-state index contributed by atoms with van der Waals surface area (Å²) in [6.07, 6.45) is 1.34. The Morgan fingerprint density at radius 3 is 2.21 bits per heavy atom. The van der Waals surface area contributed by atoms with Crippen molar-refractivity contribution in [3.63, 3.8) is 0 Å². The number of aryl methyl sites for hydroxylation is 1. The number of benzene rings is 1. The third kappa shape index (κ3) is 6.27. The molecular weight excluding hydrogens is 422 g/mol. The van der Waals surface area contributed by atoms with Crippen LogP contribution in [0.15, 0.2) is 24.4 Å². The van der Waals surface area contributed by atoms with Crippen LogP contribution >= 0.6 is 0 Å². The van der Waals surface area contributed by atoms with E-state index in [1.54, 1.807) is 48.5 Å². The number of nitrogens with zero attached hydrogens (tertiary/aromatic N) is 1. The number of carbonyl (C=O) groups excluding carboxylic acids is 3. The van der Waals surface area contributed by atoms with Crippen LogP contribution in [0, 0.1) is 6.92 Å². The lowest BCUT2D eigenvalue weighted by molar-refractivity contribution is -0.121. The molecule has 1 heterocycles. The van der Waals surface area contributed by atoms with Gasteiger partial charge in [0.25, 0.3) is 0 Å². The smallest absolute Gasteiger partial charge is 0.430 e. The number of nitrogens with one attached hydrogen (secondary N) is 2. The van der Waals surface area contributed by atoms with Gasteiger partial charge in [0.05, 0.1) is 0 Å². The summed E-state index contributed by atoms with van der Waals surface area (Å²) in [5.41, 5.74) is 2.24. The minimum absolute atomic E-state index is 0.451. The molecule has 2 rings (SSSR count). The number of H-pyrrole nitrogens is 1. The third-order valence-corrected chi connectivity index (χ3v) is 5.26. The van der Waals surface area contributed by atoms with Crippen molar-refractivity contribution in [2.24, 2.45) is 0 Å². The van der Waals surface area contributed by atoms with E-state index in [0.29, 0.717) is 12.7 Å². The van der Waals surface area contributed by atoms with E-state index in [9.17, 15) is 14.4 Å². The van der Waals surface area contributed by atoms with Gasteiger partial charge in [-0.15, -0.1) is 0 Å². The molecule has 2 amide bonds. The summed E-state index contributed by atoms with van der Waals surface area (Å²) in [6, 6.07) is 6.01. The summed E-state index contributed by atoms with van der Waals surface area (Å²) >= 11 is 0. The first-order valence-electron chi connectivity index (χ1n) is 11.2. The number of hydrogen-bond donors (Lipinski definition) is 2. The Kier molecular flexibility index (Phi) is 7.51. The van der Waals surface area contributed by atoms with E-state index in [1.165, 1.54) is 0 Å². The lowest BCUT2D eigenvalue weighted by Gasteiger charge is -2.42. The van der Waals surface area contributed by atoms with E-state index < -0.39 is 34.8 Å². The number of ether oxygens (including phenoxy) is 2. The number of hydrazine groups is 1. The van der Waals surface area contributed by atoms with Crippen LogP contribution in [-0.2, 0) is 14.3 Å². The molecule has 0 saturated heterocycles. The van der Waals surface area contributed by atoms with E-state index in [4.69, 9.17) is 9.47 Å². The molecule has 0 spiro atoms. The van der Waals surface area contributed by atoms with Crippen molar-refractivity contribution in [2.45, 2.75) is 91.4 Å². The summed E-state index contributed by atoms with van der Waals surface area (Å²) in [4.78, 5) is 41.8. The Labute approximate surface area is 196 Å². The predicted octanol–water partition coefficient (Wildman–Crippen LogP) is 5.60. The van der Waals surface area contributed by atoms with Crippen molar-refractivity contribution in [1.82, 2.24) is 15.4 Å². The molecule has 0 unspecified atom stereocenters. The van der Waals surface area contributed by atoms with Crippen LogP contribution < -0.4 is 5.43 Å². The Morgan fingerprint density at radius 1 is 1.09 bits per heavy atom. The number of aromatic nitrogens is 1. The second kappa shape index (κ2) is 9.45. The molecule has 1 aromatic heterocycles. The topological polar surface area (TPSA) is 101 Å². The molecule has 33 heavy (non-hydrogen) atoms. The molecule has 8 nitrogen and oxygen atoms in total. The van der Waals surface area contributed by atoms with Crippen LogP contribution in [0.1, 0.15) is 78.9 Å². The second-order valence-electron chi connectivity index (χ2n) is 10.5. The fraction of sp³-hybridized carbons (Fsp3) is 0.560. The quantitative estimate of drug-likeness (QED) is 0.447. The van der Waals surface area contributed by atoms with E-state index in [-0.39, 0.29) is 0 Å². The van der Waals surface area contributed by atoms with Gasteiger partial charge in [-0.3, -0.25) is 0 Å². The maximum Gasteiger partial charge on any atom is 0.430 e. The first kappa shape index (κ1) is 26.2. The molecule has 8 heteroatoms. The number of rotatable bonds is 5. The zero-order valence-corrected chi connectivity index (χ0v) is 21.2. The minimum atomic E-state index is -1.47. The Balaban J connectivity index is 2.59. The summed E-state index contributed by atoms with van der Waals surface area (Å²) in [7, 11) is 0. The minimum Gasteiger partial charge on any atom is -0.443 e. The number of hydrogen-bond acceptors (Lipinski definition) is 5. The molecule has 0 aliphatic rings. The van der Waals surface area contributed by atoms with Crippen LogP contribution in [0.2, 0.25) is 0 Å². The van der Waals surface area contributed by atoms with E-state index in [1.807, 2.05) is 38.2 Å². The van der Waals surface area contributed by atoms with Gasteiger partial charge >= 0.3 is 12.2 Å². The number of carbonyl (C=O) groups is 3. The zero-order chi connectivity index (χ0) is 25.2. The molecule has 0 aliphatic carbocycles. The molecule has 0 bridgehead atoms. The normalized spacial score (nSPS) is 14.8. The average Bonchev–Trinajstić information content (AvgIpc) is 3.06. The van der Waals surface area contributed by atoms with Gasteiger partial charge in [0.15, 0.2) is 0 Å². The molecule has 1 aromatic carbocycles. The van der Waals surface area contributed by atoms with Gasteiger partial charge in [-0.2, -0.15) is 0 Å². The highest BCUT2D eigenvalue weighted by atomic mass is 16.6. The summed E-state index contributed by atoms with van der Waals surface area (Å²) < 4.78 is 10.9. The standard InChI is InChI=1S/C25H37N3O5/c1-10-19(18-14-26-20-12-11-16(2)13-17(18)20)25(9,15-29)28(22(31)33-24(6,7)8)27-21(30)32-23(3,4)5/h11-15,19,26H,10H2,1-9H3,(H,27,30)/t19-,25-/m1/s1. The molecule has 2 N–H and O–H groups in total. The molecular formula is C25H37N3O5. The average molecular weight is 460 g/mol. The Bertz CT molecular complexity index is 1020. The van der Waals surface area contributed by atoms with Crippen molar-refractivity contribution in [3.8, 4) is 0 Å². The van der Waals surface area contributed by atoms with E-state index >= 15 is 0 Å². The monoisotopic (exact) mass is 459 g/mol. The van der Waals surface area contributed by atoms with Crippen molar-refractivity contribution in [3.05, 3.63) is 35.5 Å². The Hall–Kier alpha value is -3.03. The van der Waals surface area contributed by atoms with Crippen LogP contribution in [-0.4, -0.2) is 45.2 Å². The molecule has 2 atom stereocenters. The predicted molar refractivity (Wildman–Crippen MR) is 128 cm³/mol. The van der Waals surface area contributed by atoms with E-state index in [2.05, 4.69) is 10.4 Å². The lowest BCUT2D eigenvalue weighted by atomic mass is 9.79. The highest BCUT2D eigenvalue weighted by Gasteiger charge is 2.46. The molecule has 0 saturated carbocycles. The van der Waals surface area contributed by atoms with Crippen molar-refractivity contribution < 1.29 is 23.9 Å². The maximum absolute atomic E-state index is 13.2. The number of amides is 2. The lowest BCUT2D eigenvalue weighted by Crippen LogP contribution is -2.63. The number of aldehydes is 1. The second-order valence-corrected chi connectivity index (χ2v) is 10.5. The molecule has 182 valence electrons. The van der Waals surface area contributed by atoms with Crippen LogP contribution in [0.4, 0.5) is 9.59 Å². The number of fused-ring (bicyclic) bond motifs is 1. The highest BCUT2D eigenvalue weighted by molar-refractivity contribution is 5.87. The first-order chi connectivity index (χ1) is 15.1. The van der Waals surface area contributed by atoms with Crippen LogP contribution in [0.25, 0.3) is 10.9 Å². The van der Waals surface area contributed by atoms with Gasteiger partial charge in [-0.25, -0.2) is 20.0 Å². The van der Waals surface area contributed by atoms with Gasteiger partial charge in [0.2, 0.25) is 0 Å².